The van der Waals surface area contributed by atoms with Gasteiger partial charge in [0.05, 0.1) is 11.3 Å². The fourth-order valence-corrected chi connectivity index (χ4v) is 2.82. The largest absolute Gasteiger partial charge is 0.457 e. The second-order valence-electron chi connectivity index (χ2n) is 4.97. The van der Waals surface area contributed by atoms with Crippen molar-refractivity contribution in [3.63, 3.8) is 0 Å². The monoisotopic (exact) mass is 255 g/mol. The highest BCUT2D eigenvalue weighted by molar-refractivity contribution is 6.10. The van der Waals surface area contributed by atoms with Gasteiger partial charge in [0, 0.05) is 12.6 Å². The van der Waals surface area contributed by atoms with Gasteiger partial charge in [-0.15, -0.1) is 0 Å². The van der Waals surface area contributed by atoms with Gasteiger partial charge < -0.3 is 9.73 Å². The standard InChI is InChI=1S/C14H13N3O2/c1-17-13(9-3-2-4-11(9)16-17)15-14(18)10-7-8-5-6-12(10)19-8/h5-7H,2-4H2,1H3,(H,15,18). The second-order valence-corrected chi connectivity index (χ2v) is 4.97. The van der Waals surface area contributed by atoms with Crippen molar-refractivity contribution in [2.75, 3.05) is 5.32 Å². The molecule has 0 spiro atoms. The van der Waals surface area contributed by atoms with Crippen LogP contribution in [0.2, 0.25) is 0 Å². The summed E-state index contributed by atoms with van der Waals surface area (Å²) in [6.07, 6.45) is 3.11. The van der Waals surface area contributed by atoms with Gasteiger partial charge in [0.15, 0.2) is 0 Å². The predicted octanol–water partition coefficient (Wildman–Crippen LogP) is 2.35. The first-order valence-corrected chi connectivity index (χ1v) is 6.40. The molecule has 4 rings (SSSR count). The van der Waals surface area contributed by atoms with Crippen LogP contribution < -0.4 is 5.32 Å². The third-order valence-corrected chi connectivity index (χ3v) is 3.72. The Bertz CT molecular complexity index is 769. The topological polar surface area (TPSA) is 60.1 Å². The van der Waals surface area contributed by atoms with Crippen molar-refractivity contribution >= 4 is 22.9 Å². The summed E-state index contributed by atoms with van der Waals surface area (Å²) in [5.41, 5.74) is 4.23. The minimum Gasteiger partial charge on any atom is -0.457 e. The quantitative estimate of drug-likeness (QED) is 0.764. The van der Waals surface area contributed by atoms with Gasteiger partial charge in [-0.1, -0.05) is 0 Å². The number of hydrogen-bond acceptors (Lipinski definition) is 3. The van der Waals surface area contributed by atoms with Gasteiger partial charge in [-0.2, -0.15) is 5.10 Å². The molecule has 5 nitrogen and oxygen atoms in total. The first-order valence-electron chi connectivity index (χ1n) is 6.40. The number of anilines is 1. The number of rotatable bonds is 2. The number of furan rings is 2. The predicted molar refractivity (Wildman–Crippen MR) is 70.6 cm³/mol. The molecular weight excluding hydrogens is 242 g/mol. The number of fused-ring (bicyclic) bond motifs is 3. The summed E-state index contributed by atoms with van der Waals surface area (Å²) in [6.45, 7) is 0. The minimum absolute atomic E-state index is 0.132. The Labute approximate surface area is 109 Å². The number of amides is 1. The molecule has 0 aliphatic heterocycles. The molecular formula is C14H13N3O2. The number of nitrogens with one attached hydrogen (secondary N) is 1. The van der Waals surface area contributed by atoms with Crippen LogP contribution in [0.4, 0.5) is 5.82 Å². The summed E-state index contributed by atoms with van der Waals surface area (Å²) in [5, 5.41) is 7.41. The number of nitrogens with zero attached hydrogens (tertiary/aromatic N) is 2. The van der Waals surface area contributed by atoms with Crippen LogP contribution in [0.25, 0.3) is 11.2 Å². The zero-order chi connectivity index (χ0) is 13.0. The van der Waals surface area contributed by atoms with Crippen LogP contribution in [0.1, 0.15) is 28.0 Å². The number of aromatic nitrogens is 2. The van der Waals surface area contributed by atoms with Crippen LogP contribution in [0.5, 0.6) is 0 Å². The van der Waals surface area contributed by atoms with E-state index in [4.69, 9.17) is 4.42 Å². The lowest BCUT2D eigenvalue weighted by atomic mass is 10.2. The molecule has 96 valence electrons. The maximum atomic E-state index is 12.3. The van der Waals surface area contributed by atoms with Crippen LogP contribution in [0, 0.1) is 0 Å². The molecule has 19 heavy (non-hydrogen) atoms. The summed E-state index contributed by atoms with van der Waals surface area (Å²) in [7, 11) is 1.86. The van der Waals surface area contributed by atoms with E-state index in [1.807, 2.05) is 19.2 Å². The molecule has 0 fully saturated rings. The highest BCUT2D eigenvalue weighted by Gasteiger charge is 2.23. The van der Waals surface area contributed by atoms with Gasteiger partial charge in [0.25, 0.3) is 5.91 Å². The fraction of sp³-hybridized carbons (Fsp3) is 0.286. The molecule has 1 aliphatic rings. The second kappa shape index (κ2) is 3.60. The molecule has 1 aliphatic carbocycles. The molecule has 5 heteroatoms. The van der Waals surface area contributed by atoms with Crippen LogP contribution in [0.15, 0.2) is 22.6 Å². The summed E-state index contributed by atoms with van der Waals surface area (Å²) >= 11 is 0. The highest BCUT2D eigenvalue weighted by atomic mass is 16.3. The SMILES string of the molecule is Cn1nc2c(c1NC(=O)c1cc3ccc1o3)CCC2. The zero-order valence-electron chi connectivity index (χ0n) is 10.6. The van der Waals surface area contributed by atoms with E-state index < -0.39 is 0 Å². The Hall–Kier alpha value is -2.30. The van der Waals surface area contributed by atoms with Crippen molar-refractivity contribution in [1.29, 1.82) is 0 Å². The zero-order valence-corrected chi connectivity index (χ0v) is 10.6. The lowest BCUT2D eigenvalue weighted by Crippen LogP contribution is -2.15. The Kier molecular flexibility index (Phi) is 2.01. The molecule has 3 aromatic heterocycles. The number of benzene rings is 1. The van der Waals surface area contributed by atoms with Crippen molar-refractivity contribution in [1.82, 2.24) is 9.78 Å². The van der Waals surface area contributed by atoms with Crippen LogP contribution in [-0.4, -0.2) is 15.7 Å². The number of hydrogen-bond donors (Lipinski definition) is 1. The maximum Gasteiger partial charge on any atom is 0.260 e. The highest BCUT2D eigenvalue weighted by Crippen LogP contribution is 2.29. The molecule has 0 aromatic carbocycles. The number of aryl methyl sites for hydroxylation is 2. The van der Waals surface area contributed by atoms with Crippen LogP contribution in [-0.2, 0) is 19.9 Å². The first-order chi connectivity index (χ1) is 9.22. The van der Waals surface area contributed by atoms with Gasteiger partial charge in [0.1, 0.15) is 17.0 Å². The van der Waals surface area contributed by atoms with E-state index >= 15 is 0 Å². The lowest BCUT2D eigenvalue weighted by Gasteiger charge is -2.06. The van der Waals surface area contributed by atoms with Crippen molar-refractivity contribution < 1.29 is 9.21 Å². The van der Waals surface area contributed by atoms with Gasteiger partial charge in [-0.25, -0.2) is 0 Å². The number of carbonyl (C=O) groups excluding carboxylic acids is 1. The molecule has 0 unspecified atom stereocenters. The average molecular weight is 255 g/mol. The summed E-state index contributed by atoms with van der Waals surface area (Å²) in [6, 6.07) is 5.44. The Morgan fingerprint density at radius 3 is 3.05 bits per heavy atom. The van der Waals surface area contributed by atoms with E-state index in [0.717, 1.165) is 36.4 Å². The van der Waals surface area contributed by atoms with Gasteiger partial charge in [0.2, 0.25) is 0 Å². The normalized spacial score (nSPS) is 14.2. The smallest absolute Gasteiger partial charge is 0.260 e. The number of carbonyl (C=O) groups is 1. The van der Waals surface area contributed by atoms with Gasteiger partial charge in [-0.3, -0.25) is 9.48 Å². The Morgan fingerprint density at radius 1 is 1.42 bits per heavy atom. The van der Waals surface area contributed by atoms with Crippen molar-refractivity contribution in [2.24, 2.45) is 7.05 Å². The molecule has 1 N–H and O–H groups in total. The molecule has 3 heterocycles. The third-order valence-electron chi connectivity index (χ3n) is 3.72. The molecule has 0 atom stereocenters. The average Bonchev–Trinajstić information content (AvgIpc) is 3.12. The third kappa shape index (κ3) is 1.47. The molecule has 0 radical (unpaired) electrons. The summed E-state index contributed by atoms with van der Waals surface area (Å²) < 4.78 is 7.15. The molecule has 0 saturated heterocycles. The van der Waals surface area contributed by atoms with E-state index in [9.17, 15) is 4.79 Å². The summed E-state index contributed by atoms with van der Waals surface area (Å²) in [5.74, 6) is 0.683. The molecule has 1 amide bonds. The first kappa shape index (κ1) is 10.6. The van der Waals surface area contributed by atoms with E-state index in [0.29, 0.717) is 11.1 Å². The van der Waals surface area contributed by atoms with E-state index in [2.05, 4.69) is 10.4 Å². The van der Waals surface area contributed by atoms with Crippen molar-refractivity contribution in [2.45, 2.75) is 19.3 Å². The Balaban J connectivity index is 1.68. The molecule has 2 bridgehead atoms. The lowest BCUT2D eigenvalue weighted by molar-refractivity contribution is 0.102. The maximum absolute atomic E-state index is 12.3. The van der Waals surface area contributed by atoms with Gasteiger partial charge >= 0.3 is 0 Å². The summed E-state index contributed by atoms with van der Waals surface area (Å²) in [4.78, 5) is 12.3. The Morgan fingerprint density at radius 2 is 2.32 bits per heavy atom. The minimum atomic E-state index is -0.132. The molecule has 3 aromatic rings. The fourth-order valence-electron chi connectivity index (χ4n) is 2.82. The van der Waals surface area contributed by atoms with E-state index in [1.165, 1.54) is 5.56 Å². The van der Waals surface area contributed by atoms with Crippen molar-refractivity contribution in [3.05, 3.63) is 35.0 Å². The van der Waals surface area contributed by atoms with E-state index in [-0.39, 0.29) is 5.91 Å². The van der Waals surface area contributed by atoms with Crippen LogP contribution >= 0.6 is 0 Å². The van der Waals surface area contributed by atoms with Gasteiger partial charge in [-0.05, 0) is 37.5 Å². The van der Waals surface area contributed by atoms with Crippen LogP contribution in [0.3, 0.4) is 0 Å². The molecule has 0 saturated carbocycles. The van der Waals surface area contributed by atoms with E-state index in [1.54, 1.807) is 10.7 Å². The van der Waals surface area contributed by atoms with Crippen molar-refractivity contribution in [3.8, 4) is 0 Å².